The molecule has 2 aliphatic rings. The third kappa shape index (κ3) is 3.48. The second-order valence-electron chi connectivity index (χ2n) is 5.09. The van der Waals surface area contributed by atoms with Crippen LogP contribution in [0.5, 0.6) is 0 Å². The largest absolute Gasteiger partial charge is 0.343 e. The minimum absolute atomic E-state index is 0.380. The van der Waals surface area contributed by atoms with Crippen LogP contribution in [0.2, 0.25) is 0 Å². The van der Waals surface area contributed by atoms with Gasteiger partial charge >= 0.3 is 0 Å². The molecule has 0 unspecified atom stereocenters. The third-order valence-corrected chi connectivity index (χ3v) is 3.80. The molecule has 0 aromatic carbocycles. The molecule has 0 bridgehead atoms. The van der Waals surface area contributed by atoms with E-state index in [0.29, 0.717) is 5.91 Å². The number of piperidine rings is 2. The van der Waals surface area contributed by atoms with Crippen molar-refractivity contribution in [2.45, 2.75) is 44.9 Å². The lowest BCUT2D eigenvalue weighted by Crippen LogP contribution is -2.38. The van der Waals surface area contributed by atoms with E-state index in [-0.39, 0.29) is 0 Å². The molecule has 1 amide bonds. The highest BCUT2D eigenvalue weighted by Gasteiger charge is 2.17. The predicted octanol–water partition coefficient (Wildman–Crippen LogP) is 1.87. The van der Waals surface area contributed by atoms with Crippen molar-refractivity contribution in [3.05, 3.63) is 0 Å². The van der Waals surface area contributed by atoms with E-state index in [9.17, 15) is 4.79 Å². The van der Waals surface area contributed by atoms with Gasteiger partial charge in [0.05, 0.1) is 0 Å². The maximum atomic E-state index is 11.9. The van der Waals surface area contributed by atoms with Crippen LogP contribution in [0.4, 0.5) is 0 Å². The molecule has 16 heavy (non-hydrogen) atoms. The van der Waals surface area contributed by atoms with Crippen molar-refractivity contribution in [3.8, 4) is 0 Å². The first kappa shape index (κ1) is 11.9. The Morgan fingerprint density at radius 3 is 2.00 bits per heavy atom. The molecule has 3 nitrogen and oxygen atoms in total. The highest BCUT2D eigenvalue weighted by atomic mass is 16.2. The molecular weight excluding hydrogens is 200 g/mol. The first-order chi connectivity index (χ1) is 7.86. The van der Waals surface area contributed by atoms with Crippen LogP contribution >= 0.6 is 0 Å². The molecule has 0 radical (unpaired) electrons. The van der Waals surface area contributed by atoms with Crippen molar-refractivity contribution in [3.63, 3.8) is 0 Å². The summed E-state index contributed by atoms with van der Waals surface area (Å²) in [4.78, 5) is 16.5. The fourth-order valence-corrected chi connectivity index (χ4v) is 2.74. The highest BCUT2D eigenvalue weighted by molar-refractivity contribution is 5.76. The Morgan fingerprint density at radius 2 is 1.38 bits per heavy atom. The molecular formula is C13H24N2O. The van der Waals surface area contributed by atoms with Crippen LogP contribution in [0.1, 0.15) is 44.9 Å². The predicted molar refractivity (Wildman–Crippen MR) is 65.3 cm³/mol. The van der Waals surface area contributed by atoms with Gasteiger partial charge < -0.3 is 9.80 Å². The maximum Gasteiger partial charge on any atom is 0.223 e. The van der Waals surface area contributed by atoms with Crippen molar-refractivity contribution in [2.75, 3.05) is 32.7 Å². The summed E-state index contributed by atoms with van der Waals surface area (Å²) < 4.78 is 0. The van der Waals surface area contributed by atoms with Gasteiger partial charge in [0, 0.05) is 26.1 Å². The number of rotatable bonds is 3. The third-order valence-electron chi connectivity index (χ3n) is 3.80. The van der Waals surface area contributed by atoms with E-state index in [1.165, 1.54) is 51.6 Å². The van der Waals surface area contributed by atoms with E-state index in [1.54, 1.807) is 0 Å². The SMILES string of the molecule is O=C(CCN1CCCCC1)N1CCCCC1. The molecule has 2 fully saturated rings. The van der Waals surface area contributed by atoms with Gasteiger partial charge in [0.25, 0.3) is 0 Å². The molecule has 92 valence electrons. The lowest BCUT2D eigenvalue weighted by Gasteiger charge is -2.29. The van der Waals surface area contributed by atoms with Gasteiger partial charge in [0.15, 0.2) is 0 Å². The average Bonchev–Trinajstić information content (AvgIpc) is 2.38. The fraction of sp³-hybridized carbons (Fsp3) is 0.923. The zero-order valence-corrected chi connectivity index (χ0v) is 10.3. The van der Waals surface area contributed by atoms with Gasteiger partial charge in [-0.1, -0.05) is 6.42 Å². The van der Waals surface area contributed by atoms with Crippen molar-refractivity contribution in [2.24, 2.45) is 0 Å². The number of nitrogens with zero attached hydrogens (tertiary/aromatic N) is 2. The van der Waals surface area contributed by atoms with Crippen LogP contribution < -0.4 is 0 Å². The van der Waals surface area contributed by atoms with Crippen LogP contribution in [0.3, 0.4) is 0 Å². The molecule has 2 rings (SSSR count). The first-order valence-corrected chi connectivity index (χ1v) is 6.86. The summed E-state index contributed by atoms with van der Waals surface area (Å²) in [7, 11) is 0. The zero-order valence-electron chi connectivity index (χ0n) is 10.3. The molecule has 2 saturated heterocycles. The molecule has 0 aliphatic carbocycles. The molecule has 0 saturated carbocycles. The van der Waals surface area contributed by atoms with E-state index in [1.807, 2.05) is 0 Å². The van der Waals surface area contributed by atoms with Crippen molar-refractivity contribution < 1.29 is 4.79 Å². The van der Waals surface area contributed by atoms with Gasteiger partial charge in [0.1, 0.15) is 0 Å². The highest BCUT2D eigenvalue weighted by Crippen LogP contribution is 2.12. The van der Waals surface area contributed by atoms with E-state index < -0.39 is 0 Å². The molecule has 0 atom stereocenters. The Balaban J connectivity index is 1.65. The molecule has 0 aromatic rings. The van der Waals surface area contributed by atoms with Gasteiger partial charge in [-0.15, -0.1) is 0 Å². The summed E-state index contributed by atoms with van der Waals surface area (Å²) in [5.41, 5.74) is 0. The summed E-state index contributed by atoms with van der Waals surface area (Å²) >= 11 is 0. The summed E-state index contributed by atoms with van der Waals surface area (Å²) in [6.45, 7) is 5.38. The quantitative estimate of drug-likeness (QED) is 0.730. The standard InChI is InChI=1S/C13H24N2O/c16-13(15-10-5-2-6-11-15)7-12-14-8-3-1-4-9-14/h1-12H2. The smallest absolute Gasteiger partial charge is 0.223 e. The van der Waals surface area contributed by atoms with Crippen LogP contribution in [0.25, 0.3) is 0 Å². The van der Waals surface area contributed by atoms with E-state index in [0.717, 1.165) is 26.1 Å². The number of amides is 1. The minimum Gasteiger partial charge on any atom is -0.343 e. The summed E-state index contributed by atoms with van der Waals surface area (Å²) in [5, 5.41) is 0. The van der Waals surface area contributed by atoms with Crippen molar-refractivity contribution >= 4 is 5.91 Å². The summed E-state index contributed by atoms with van der Waals surface area (Å²) in [5.74, 6) is 0.380. The van der Waals surface area contributed by atoms with Crippen molar-refractivity contribution in [1.82, 2.24) is 9.80 Å². The number of carbonyl (C=O) groups excluding carboxylic acids is 1. The van der Waals surface area contributed by atoms with E-state index >= 15 is 0 Å². The number of hydrogen-bond donors (Lipinski definition) is 0. The maximum absolute atomic E-state index is 11.9. The molecule has 2 aliphatic heterocycles. The fourth-order valence-electron chi connectivity index (χ4n) is 2.74. The second kappa shape index (κ2) is 6.24. The Hall–Kier alpha value is -0.570. The Bertz CT molecular complexity index is 218. The Labute approximate surface area is 98.8 Å². The lowest BCUT2D eigenvalue weighted by atomic mass is 10.1. The Kier molecular flexibility index (Phi) is 4.64. The van der Waals surface area contributed by atoms with Crippen molar-refractivity contribution in [1.29, 1.82) is 0 Å². The van der Waals surface area contributed by atoms with Gasteiger partial charge in [-0.2, -0.15) is 0 Å². The van der Waals surface area contributed by atoms with Gasteiger partial charge in [-0.25, -0.2) is 0 Å². The summed E-state index contributed by atoms with van der Waals surface area (Å²) in [6.07, 6.45) is 8.45. The second-order valence-corrected chi connectivity index (χ2v) is 5.09. The van der Waals surface area contributed by atoms with E-state index in [4.69, 9.17) is 0 Å². The van der Waals surface area contributed by atoms with Gasteiger partial charge in [-0.3, -0.25) is 4.79 Å². The average molecular weight is 224 g/mol. The minimum atomic E-state index is 0.380. The van der Waals surface area contributed by atoms with Crippen LogP contribution in [0.15, 0.2) is 0 Å². The van der Waals surface area contributed by atoms with Gasteiger partial charge in [0.2, 0.25) is 5.91 Å². The van der Waals surface area contributed by atoms with Crippen LogP contribution in [-0.4, -0.2) is 48.4 Å². The number of carbonyl (C=O) groups is 1. The lowest BCUT2D eigenvalue weighted by molar-refractivity contribution is -0.132. The van der Waals surface area contributed by atoms with Crippen LogP contribution in [-0.2, 0) is 4.79 Å². The molecule has 0 spiro atoms. The molecule has 2 heterocycles. The molecule has 3 heteroatoms. The summed E-state index contributed by atoms with van der Waals surface area (Å²) in [6, 6.07) is 0. The normalized spacial score (nSPS) is 23.4. The topological polar surface area (TPSA) is 23.6 Å². The Morgan fingerprint density at radius 1 is 0.812 bits per heavy atom. The van der Waals surface area contributed by atoms with Crippen LogP contribution in [0, 0.1) is 0 Å². The first-order valence-electron chi connectivity index (χ1n) is 6.86. The number of likely N-dealkylation sites (tertiary alicyclic amines) is 2. The molecule has 0 N–H and O–H groups in total. The van der Waals surface area contributed by atoms with Gasteiger partial charge in [-0.05, 0) is 45.2 Å². The molecule has 0 aromatic heterocycles. The number of hydrogen-bond acceptors (Lipinski definition) is 2. The zero-order chi connectivity index (χ0) is 11.2. The van der Waals surface area contributed by atoms with E-state index in [2.05, 4.69) is 9.80 Å². The monoisotopic (exact) mass is 224 g/mol.